The fourth-order valence-electron chi connectivity index (χ4n) is 3.69. The van der Waals surface area contributed by atoms with Gasteiger partial charge in [-0.25, -0.2) is 13.1 Å². The van der Waals surface area contributed by atoms with E-state index in [1.54, 1.807) is 18.5 Å². The molecule has 0 saturated heterocycles. The van der Waals surface area contributed by atoms with E-state index in [4.69, 9.17) is 11.6 Å². The molecule has 0 amide bonds. The fourth-order valence-corrected chi connectivity index (χ4v) is 4.98. The first-order valence-corrected chi connectivity index (χ1v) is 12.2. The number of H-pyrrole nitrogens is 1. The van der Waals surface area contributed by atoms with Crippen molar-refractivity contribution in [2.45, 2.75) is 50.1 Å². The fraction of sp³-hybridized carbons (Fsp3) is 0.381. The quantitative estimate of drug-likeness (QED) is 0.542. The van der Waals surface area contributed by atoms with Gasteiger partial charge >= 0.3 is 0 Å². The molecule has 1 N–H and O–H groups in total. The van der Waals surface area contributed by atoms with Gasteiger partial charge in [0.15, 0.2) is 9.84 Å². The molecular weight excluding hydrogens is 440 g/mol. The Balaban J connectivity index is 1.88. The van der Waals surface area contributed by atoms with Gasteiger partial charge in [0.2, 0.25) is 5.78 Å². The second kappa shape index (κ2) is 7.80. The molecule has 0 bridgehead atoms. The Labute approximate surface area is 184 Å². The topological polar surface area (TPSA) is 107 Å². The maximum Gasteiger partial charge on any atom is 0.278 e. The number of halogens is 1. The van der Waals surface area contributed by atoms with Crippen molar-refractivity contribution in [2.24, 2.45) is 0 Å². The molecule has 1 aliphatic carbocycles. The second-order valence-electron chi connectivity index (χ2n) is 8.15. The summed E-state index contributed by atoms with van der Waals surface area (Å²) in [5.74, 6) is -0.362. The zero-order valence-corrected chi connectivity index (χ0v) is 19.0. The molecule has 31 heavy (non-hydrogen) atoms. The van der Waals surface area contributed by atoms with Crippen molar-refractivity contribution < 1.29 is 13.2 Å². The van der Waals surface area contributed by atoms with Crippen LogP contribution in [0.25, 0.3) is 0 Å². The van der Waals surface area contributed by atoms with Crippen molar-refractivity contribution in [1.82, 2.24) is 19.6 Å². The van der Waals surface area contributed by atoms with Crippen LogP contribution in [0.2, 0.25) is 5.02 Å². The minimum absolute atomic E-state index is 0.0156. The number of rotatable bonds is 7. The predicted molar refractivity (Wildman–Crippen MR) is 117 cm³/mol. The lowest BCUT2D eigenvalue weighted by atomic mass is 9.99. The number of benzene rings is 1. The number of ketones is 1. The first kappa shape index (κ1) is 21.6. The molecule has 10 heteroatoms. The molecule has 0 spiro atoms. The molecule has 8 nitrogen and oxygen atoms in total. The highest BCUT2D eigenvalue weighted by molar-refractivity contribution is 7.90. The molecule has 164 valence electrons. The molecular formula is C21H23ClN4O4S. The number of nitrogens with one attached hydrogen (secondary N) is 1. The number of carbonyl (C=O) groups excluding carboxylic acids is 1. The lowest BCUT2D eigenvalue weighted by Crippen LogP contribution is -2.24. The van der Waals surface area contributed by atoms with Gasteiger partial charge in [-0.1, -0.05) is 11.6 Å². The van der Waals surface area contributed by atoms with E-state index in [0.717, 1.165) is 19.1 Å². The van der Waals surface area contributed by atoms with Gasteiger partial charge in [0, 0.05) is 41.7 Å². The van der Waals surface area contributed by atoms with Crippen molar-refractivity contribution in [2.75, 3.05) is 6.26 Å². The number of sulfone groups is 1. The Morgan fingerprint density at radius 3 is 2.58 bits per heavy atom. The summed E-state index contributed by atoms with van der Waals surface area (Å²) in [6.07, 6.45) is 6.15. The molecule has 2 aromatic heterocycles. The second-order valence-corrected chi connectivity index (χ2v) is 10.5. The molecule has 0 aliphatic heterocycles. The SMILES string of the molecule is CC(C)n1[nH]c(C2CC2)c(C(=O)c2ccc(S(C)(=O)=O)c(Cn3cccn3)c2Cl)c1=O. The van der Waals surface area contributed by atoms with E-state index in [0.29, 0.717) is 5.69 Å². The lowest BCUT2D eigenvalue weighted by molar-refractivity contribution is 0.103. The Bertz CT molecular complexity index is 1320. The highest BCUT2D eigenvalue weighted by atomic mass is 35.5. The summed E-state index contributed by atoms with van der Waals surface area (Å²) in [6.45, 7) is 3.80. The van der Waals surface area contributed by atoms with Gasteiger partial charge in [0.1, 0.15) is 5.56 Å². The molecule has 0 unspecified atom stereocenters. The summed E-state index contributed by atoms with van der Waals surface area (Å²) < 4.78 is 27.7. The number of aromatic nitrogens is 4. The monoisotopic (exact) mass is 462 g/mol. The highest BCUT2D eigenvalue weighted by Gasteiger charge is 2.35. The minimum Gasteiger partial charge on any atom is -0.298 e. The van der Waals surface area contributed by atoms with Crippen molar-refractivity contribution in [3.8, 4) is 0 Å². The summed E-state index contributed by atoms with van der Waals surface area (Å²) in [5.41, 5.74) is 0.686. The average Bonchev–Trinajstić information content (AvgIpc) is 3.28. The molecule has 1 aliphatic rings. The summed E-state index contributed by atoms with van der Waals surface area (Å²) in [6, 6.07) is 4.33. The summed E-state index contributed by atoms with van der Waals surface area (Å²) >= 11 is 6.61. The van der Waals surface area contributed by atoms with Crippen LogP contribution in [0.1, 0.15) is 65.8 Å². The molecule has 2 heterocycles. The largest absolute Gasteiger partial charge is 0.298 e. The smallest absolute Gasteiger partial charge is 0.278 e. The predicted octanol–water partition coefficient (Wildman–Crippen LogP) is 3.17. The third kappa shape index (κ3) is 3.99. The molecule has 3 aromatic rings. The highest BCUT2D eigenvalue weighted by Crippen LogP contribution is 2.41. The number of hydrogen-bond donors (Lipinski definition) is 1. The normalized spacial score (nSPS) is 14.4. The number of nitrogens with zero attached hydrogens (tertiary/aromatic N) is 3. The summed E-state index contributed by atoms with van der Waals surface area (Å²) in [5, 5.41) is 7.22. The van der Waals surface area contributed by atoms with E-state index < -0.39 is 21.2 Å². The van der Waals surface area contributed by atoms with Crippen LogP contribution >= 0.6 is 11.6 Å². The maximum atomic E-state index is 13.5. The van der Waals surface area contributed by atoms with Crippen molar-refractivity contribution in [1.29, 1.82) is 0 Å². The van der Waals surface area contributed by atoms with Crippen LogP contribution < -0.4 is 5.56 Å². The van der Waals surface area contributed by atoms with Crippen LogP contribution in [0.15, 0.2) is 40.3 Å². The van der Waals surface area contributed by atoms with E-state index in [2.05, 4.69) is 10.2 Å². The van der Waals surface area contributed by atoms with E-state index in [9.17, 15) is 18.0 Å². The van der Waals surface area contributed by atoms with E-state index in [-0.39, 0.29) is 45.1 Å². The van der Waals surface area contributed by atoms with Crippen LogP contribution in [-0.4, -0.2) is 40.0 Å². The van der Waals surface area contributed by atoms with Gasteiger partial charge in [-0.3, -0.25) is 19.4 Å². The van der Waals surface area contributed by atoms with Crippen molar-refractivity contribution in [3.05, 3.63) is 68.4 Å². The summed E-state index contributed by atoms with van der Waals surface area (Å²) in [4.78, 5) is 26.5. The van der Waals surface area contributed by atoms with E-state index in [1.807, 2.05) is 13.8 Å². The van der Waals surface area contributed by atoms with Crippen molar-refractivity contribution in [3.63, 3.8) is 0 Å². The first-order valence-electron chi connectivity index (χ1n) is 9.97. The first-order chi connectivity index (χ1) is 14.6. The van der Waals surface area contributed by atoms with E-state index >= 15 is 0 Å². The third-order valence-electron chi connectivity index (χ3n) is 5.40. The lowest BCUT2D eigenvalue weighted by Gasteiger charge is -2.14. The Morgan fingerprint density at radius 1 is 1.32 bits per heavy atom. The van der Waals surface area contributed by atoms with Crippen LogP contribution in [0.5, 0.6) is 0 Å². The zero-order chi connectivity index (χ0) is 22.5. The van der Waals surface area contributed by atoms with Gasteiger partial charge in [-0.15, -0.1) is 0 Å². The molecule has 1 aromatic carbocycles. The van der Waals surface area contributed by atoms with Gasteiger partial charge in [0.25, 0.3) is 5.56 Å². The number of hydrogen-bond acceptors (Lipinski definition) is 5. The third-order valence-corrected chi connectivity index (χ3v) is 7.01. The van der Waals surface area contributed by atoms with Gasteiger partial charge < -0.3 is 0 Å². The molecule has 4 rings (SSSR count). The Hall–Kier alpha value is -2.65. The van der Waals surface area contributed by atoms with Gasteiger partial charge in [-0.05, 0) is 44.9 Å². The van der Waals surface area contributed by atoms with Crippen LogP contribution in [0, 0.1) is 0 Å². The summed E-state index contributed by atoms with van der Waals surface area (Å²) in [7, 11) is -3.60. The average molecular weight is 463 g/mol. The van der Waals surface area contributed by atoms with Crippen molar-refractivity contribution >= 4 is 27.2 Å². The van der Waals surface area contributed by atoms with Crippen LogP contribution in [0.3, 0.4) is 0 Å². The van der Waals surface area contributed by atoms with Crippen LogP contribution in [-0.2, 0) is 16.4 Å². The Kier molecular flexibility index (Phi) is 5.43. The molecule has 1 fully saturated rings. The number of aromatic amines is 1. The molecule has 0 radical (unpaired) electrons. The zero-order valence-electron chi connectivity index (χ0n) is 17.4. The van der Waals surface area contributed by atoms with E-state index in [1.165, 1.54) is 21.5 Å². The van der Waals surface area contributed by atoms with Crippen LogP contribution in [0.4, 0.5) is 0 Å². The maximum absolute atomic E-state index is 13.5. The number of carbonyl (C=O) groups is 1. The standard InChI is InChI=1S/C21H23ClN4O4S/c1-12(2)26-21(28)17(19(24-26)13-5-6-13)20(27)14-7-8-16(31(3,29)30)15(18(14)22)11-25-10-4-9-23-25/h4,7-10,12-13,24H,5-6,11H2,1-3H3. The van der Waals surface area contributed by atoms with Gasteiger partial charge in [0.05, 0.1) is 22.2 Å². The molecule has 1 saturated carbocycles. The Morgan fingerprint density at radius 2 is 2.03 bits per heavy atom. The minimum atomic E-state index is -3.60. The van der Waals surface area contributed by atoms with Gasteiger partial charge in [-0.2, -0.15) is 5.10 Å². The molecule has 0 atom stereocenters.